The van der Waals surface area contributed by atoms with Gasteiger partial charge in [-0.25, -0.2) is 0 Å². The normalized spacial score (nSPS) is 11.8. The molecule has 5 aromatic rings. The Labute approximate surface area is 237 Å². The van der Waals surface area contributed by atoms with Crippen molar-refractivity contribution in [3.63, 3.8) is 0 Å². The van der Waals surface area contributed by atoms with Gasteiger partial charge in [-0.3, -0.25) is 9.97 Å². The standard InChI is InChI=1S/C38H32N2/c1-5-27(6-2)33-19-35(23-37(21-33)31-14-10-16-39-25-31)29-12-9-13-30(18-29)36-20-34(28(7-3)8-4)22-38(24-36)32-15-11-17-40-26-32/h5-26H,1,3H2,2,4H3. The predicted molar refractivity (Wildman–Crippen MR) is 171 cm³/mol. The van der Waals surface area contributed by atoms with Crippen molar-refractivity contribution in [2.24, 2.45) is 0 Å². The molecule has 0 unspecified atom stereocenters. The lowest BCUT2D eigenvalue weighted by Crippen LogP contribution is -1.90. The fourth-order valence-corrected chi connectivity index (χ4v) is 5.01. The van der Waals surface area contributed by atoms with Crippen LogP contribution in [0.25, 0.3) is 55.7 Å². The number of benzene rings is 3. The van der Waals surface area contributed by atoms with E-state index in [4.69, 9.17) is 0 Å². The largest absolute Gasteiger partial charge is 0.264 e. The van der Waals surface area contributed by atoms with E-state index in [0.29, 0.717) is 0 Å². The second kappa shape index (κ2) is 12.2. The fraction of sp³-hybridized carbons (Fsp3) is 0.0526. The molecule has 0 aliphatic rings. The average molecular weight is 517 g/mol. The van der Waals surface area contributed by atoms with Gasteiger partial charge in [0.15, 0.2) is 0 Å². The summed E-state index contributed by atoms with van der Waals surface area (Å²) in [5, 5.41) is 0. The molecular formula is C38H32N2. The van der Waals surface area contributed by atoms with Gasteiger partial charge in [0.1, 0.15) is 0 Å². The molecule has 2 nitrogen and oxygen atoms in total. The highest BCUT2D eigenvalue weighted by Crippen LogP contribution is 2.35. The van der Waals surface area contributed by atoms with E-state index in [2.05, 4.69) is 108 Å². The van der Waals surface area contributed by atoms with Gasteiger partial charge < -0.3 is 0 Å². The van der Waals surface area contributed by atoms with Gasteiger partial charge in [0.25, 0.3) is 0 Å². The number of pyridine rings is 2. The summed E-state index contributed by atoms with van der Waals surface area (Å²) >= 11 is 0. The summed E-state index contributed by atoms with van der Waals surface area (Å²) in [6.45, 7) is 12.2. The SMILES string of the molecule is C=CC(=CC)c1cc(-c2cccnc2)cc(-c2cccc(-c3cc(C(C=C)=CC)cc(-c4cccnc4)c3)c2)c1. The molecule has 0 amide bonds. The summed E-state index contributed by atoms with van der Waals surface area (Å²) in [7, 11) is 0. The summed E-state index contributed by atoms with van der Waals surface area (Å²) in [5.41, 5.74) is 13.4. The smallest absolute Gasteiger partial charge is 0.0346 e. The molecule has 0 radical (unpaired) electrons. The topological polar surface area (TPSA) is 25.8 Å². The van der Waals surface area contributed by atoms with Crippen LogP contribution in [0.5, 0.6) is 0 Å². The first-order valence-electron chi connectivity index (χ1n) is 13.4. The van der Waals surface area contributed by atoms with Crippen molar-refractivity contribution in [1.29, 1.82) is 0 Å². The van der Waals surface area contributed by atoms with Crippen LogP contribution in [0, 0.1) is 0 Å². The van der Waals surface area contributed by atoms with Crippen LogP contribution in [0.3, 0.4) is 0 Å². The lowest BCUT2D eigenvalue weighted by molar-refractivity contribution is 1.33. The molecule has 0 saturated carbocycles. The lowest BCUT2D eigenvalue weighted by atomic mass is 9.90. The van der Waals surface area contributed by atoms with Crippen molar-refractivity contribution in [1.82, 2.24) is 9.97 Å². The van der Waals surface area contributed by atoms with E-state index < -0.39 is 0 Å². The van der Waals surface area contributed by atoms with Crippen molar-refractivity contribution in [2.45, 2.75) is 13.8 Å². The van der Waals surface area contributed by atoms with Crippen molar-refractivity contribution in [2.75, 3.05) is 0 Å². The second-order valence-electron chi connectivity index (χ2n) is 9.56. The lowest BCUT2D eigenvalue weighted by Gasteiger charge is -2.14. The van der Waals surface area contributed by atoms with Gasteiger partial charge >= 0.3 is 0 Å². The van der Waals surface area contributed by atoms with E-state index in [-0.39, 0.29) is 0 Å². The van der Waals surface area contributed by atoms with Crippen LogP contribution in [0.4, 0.5) is 0 Å². The minimum atomic E-state index is 1.08. The number of allylic oxidation sites excluding steroid dienone is 6. The quantitative estimate of drug-likeness (QED) is 0.192. The van der Waals surface area contributed by atoms with E-state index >= 15 is 0 Å². The molecule has 0 aliphatic carbocycles. The zero-order chi connectivity index (χ0) is 27.9. The zero-order valence-corrected chi connectivity index (χ0v) is 23.0. The molecule has 0 bridgehead atoms. The highest BCUT2D eigenvalue weighted by molar-refractivity contribution is 5.86. The second-order valence-corrected chi connectivity index (χ2v) is 9.56. The summed E-state index contributed by atoms with van der Waals surface area (Å²) in [4.78, 5) is 8.70. The third-order valence-electron chi connectivity index (χ3n) is 7.11. The molecular weight excluding hydrogens is 484 g/mol. The van der Waals surface area contributed by atoms with E-state index in [1.807, 2.05) is 50.5 Å². The highest BCUT2D eigenvalue weighted by atomic mass is 14.6. The van der Waals surface area contributed by atoms with Crippen molar-refractivity contribution in [3.05, 3.63) is 158 Å². The zero-order valence-electron chi connectivity index (χ0n) is 23.0. The summed E-state index contributed by atoms with van der Waals surface area (Å²) in [6, 6.07) is 30.3. The third kappa shape index (κ3) is 5.67. The van der Waals surface area contributed by atoms with Gasteiger partial charge in [-0.15, -0.1) is 0 Å². The van der Waals surface area contributed by atoms with Crippen molar-refractivity contribution >= 4 is 11.1 Å². The Hall–Kier alpha value is -5.08. The van der Waals surface area contributed by atoms with Crippen LogP contribution in [0.15, 0.2) is 147 Å². The van der Waals surface area contributed by atoms with E-state index in [9.17, 15) is 0 Å². The molecule has 0 saturated heterocycles. The van der Waals surface area contributed by atoms with Gasteiger partial charge in [-0.05, 0) is 124 Å². The molecule has 0 aliphatic heterocycles. The Bertz CT molecular complexity index is 1600. The maximum atomic E-state index is 4.35. The number of hydrogen-bond acceptors (Lipinski definition) is 2. The molecule has 3 aromatic carbocycles. The van der Waals surface area contributed by atoms with E-state index in [1.54, 1.807) is 12.4 Å². The molecule has 0 spiro atoms. The van der Waals surface area contributed by atoms with Crippen LogP contribution in [-0.2, 0) is 0 Å². The number of hydrogen-bond donors (Lipinski definition) is 0. The van der Waals surface area contributed by atoms with Crippen molar-refractivity contribution in [3.8, 4) is 44.5 Å². The Morgan fingerprint density at radius 3 is 1.23 bits per heavy atom. The molecule has 0 atom stereocenters. The van der Waals surface area contributed by atoms with Gasteiger partial charge in [0, 0.05) is 35.9 Å². The first kappa shape index (κ1) is 26.5. The maximum absolute atomic E-state index is 4.35. The number of nitrogens with zero attached hydrogens (tertiary/aromatic N) is 2. The molecule has 0 fully saturated rings. The van der Waals surface area contributed by atoms with Crippen LogP contribution in [0.1, 0.15) is 25.0 Å². The molecule has 5 rings (SSSR count). The minimum absolute atomic E-state index is 1.08. The molecule has 0 N–H and O–H groups in total. The highest BCUT2D eigenvalue weighted by Gasteiger charge is 2.11. The van der Waals surface area contributed by atoms with E-state index in [0.717, 1.165) is 66.8 Å². The van der Waals surface area contributed by atoms with Crippen LogP contribution in [-0.4, -0.2) is 9.97 Å². The summed E-state index contributed by atoms with van der Waals surface area (Å²) in [5.74, 6) is 0. The minimum Gasteiger partial charge on any atom is -0.264 e. The van der Waals surface area contributed by atoms with Crippen LogP contribution >= 0.6 is 0 Å². The monoisotopic (exact) mass is 516 g/mol. The van der Waals surface area contributed by atoms with Gasteiger partial charge in [-0.2, -0.15) is 0 Å². The number of rotatable bonds is 8. The third-order valence-corrected chi connectivity index (χ3v) is 7.11. The Morgan fingerprint density at radius 1 is 0.500 bits per heavy atom. The fourth-order valence-electron chi connectivity index (χ4n) is 5.01. The molecule has 2 heterocycles. The van der Waals surface area contributed by atoms with Crippen molar-refractivity contribution < 1.29 is 0 Å². The predicted octanol–water partition coefficient (Wildman–Crippen LogP) is 10.3. The molecule has 194 valence electrons. The van der Waals surface area contributed by atoms with Gasteiger partial charge in [-0.1, -0.05) is 67.8 Å². The molecule has 2 heteroatoms. The Balaban J connectivity index is 1.67. The maximum Gasteiger partial charge on any atom is 0.0346 e. The number of aromatic nitrogens is 2. The summed E-state index contributed by atoms with van der Waals surface area (Å²) < 4.78 is 0. The molecule has 2 aromatic heterocycles. The summed E-state index contributed by atoms with van der Waals surface area (Å²) in [6.07, 6.45) is 15.4. The van der Waals surface area contributed by atoms with E-state index in [1.165, 1.54) is 0 Å². The molecule has 40 heavy (non-hydrogen) atoms. The van der Waals surface area contributed by atoms with Crippen LogP contribution in [0.2, 0.25) is 0 Å². The van der Waals surface area contributed by atoms with Gasteiger partial charge in [0.2, 0.25) is 0 Å². The Kier molecular flexibility index (Phi) is 8.08. The first-order chi connectivity index (χ1) is 19.6. The Morgan fingerprint density at radius 2 is 0.875 bits per heavy atom. The van der Waals surface area contributed by atoms with Gasteiger partial charge in [0.05, 0.1) is 0 Å². The average Bonchev–Trinajstić information content (AvgIpc) is 3.03. The van der Waals surface area contributed by atoms with Crippen LogP contribution < -0.4 is 0 Å². The first-order valence-corrected chi connectivity index (χ1v) is 13.4.